The fourth-order valence-electron chi connectivity index (χ4n) is 1.70. The first-order chi connectivity index (χ1) is 10.1. The first-order valence-corrected chi connectivity index (χ1v) is 7.23. The lowest BCUT2D eigenvalue weighted by atomic mass is 10.3. The van der Waals surface area contributed by atoms with Gasteiger partial charge in [-0.25, -0.2) is 9.78 Å². The Labute approximate surface area is 127 Å². The number of hydrogen-bond donors (Lipinski definition) is 1. The highest BCUT2D eigenvalue weighted by atomic mass is 32.2. The number of anilines is 1. The highest BCUT2D eigenvalue weighted by Crippen LogP contribution is 2.31. The van der Waals surface area contributed by atoms with E-state index in [0.717, 1.165) is 16.3 Å². The second-order valence-electron chi connectivity index (χ2n) is 4.20. The first kappa shape index (κ1) is 15.2. The zero-order chi connectivity index (χ0) is 15.2. The Balaban J connectivity index is 2.11. The van der Waals surface area contributed by atoms with Gasteiger partial charge in [0, 0.05) is 16.3 Å². The number of nitrogens with zero attached hydrogens (tertiary/aromatic N) is 1. The van der Waals surface area contributed by atoms with Crippen LogP contribution >= 0.6 is 11.8 Å². The molecule has 0 unspecified atom stereocenters. The summed E-state index contributed by atoms with van der Waals surface area (Å²) in [5, 5.41) is 0. The minimum atomic E-state index is -0.442. The van der Waals surface area contributed by atoms with Crippen molar-refractivity contribution in [2.24, 2.45) is 0 Å². The van der Waals surface area contributed by atoms with Crippen LogP contribution in [0.25, 0.3) is 0 Å². The summed E-state index contributed by atoms with van der Waals surface area (Å²) in [5.41, 5.74) is 7.70. The molecule has 2 rings (SSSR count). The van der Waals surface area contributed by atoms with Crippen molar-refractivity contribution in [3.8, 4) is 5.75 Å². The van der Waals surface area contributed by atoms with Gasteiger partial charge in [0.1, 0.15) is 11.4 Å². The molecular formula is C15H16N2O3S. The van der Waals surface area contributed by atoms with Crippen LogP contribution in [0.2, 0.25) is 0 Å². The summed E-state index contributed by atoms with van der Waals surface area (Å²) < 4.78 is 9.84. The van der Waals surface area contributed by atoms with Gasteiger partial charge in [-0.05, 0) is 30.3 Å². The van der Waals surface area contributed by atoms with E-state index in [1.807, 2.05) is 18.2 Å². The molecule has 1 aromatic carbocycles. The van der Waals surface area contributed by atoms with Crippen molar-refractivity contribution in [3.05, 3.63) is 47.8 Å². The summed E-state index contributed by atoms with van der Waals surface area (Å²) in [6.07, 6.45) is 0. The lowest BCUT2D eigenvalue weighted by molar-refractivity contribution is 0.0594. The molecule has 0 radical (unpaired) electrons. The summed E-state index contributed by atoms with van der Waals surface area (Å²) >= 11 is 1.54. The summed E-state index contributed by atoms with van der Waals surface area (Å²) in [7, 11) is 2.95. The highest BCUT2D eigenvalue weighted by Gasteiger charge is 2.09. The van der Waals surface area contributed by atoms with E-state index in [1.54, 1.807) is 25.3 Å². The molecule has 0 aliphatic rings. The normalized spacial score (nSPS) is 10.2. The molecule has 0 spiro atoms. The molecule has 5 nitrogen and oxygen atoms in total. The average Bonchev–Trinajstić information content (AvgIpc) is 2.53. The predicted molar refractivity (Wildman–Crippen MR) is 82.5 cm³/mol. The third kappa shape index (κ3) is 3.88. The number of carbonyl (C=O) groups is 1. The molecular weight excluding hydrogens is 288 g/mol. The van der Waals surface area contributed by atoms with Gasteiger partial charge in [0.15, 0.2) is 0 Å². The van der Waals surface area contributed by atoms with Crippen molar-refractivity contribution in [1.29, 1.82) is 0 Å². The number of nitrogens with two attached hydrogens (primary N) is 1. The van der Waals surface area contributed by atoms with Gasteiger partial charge in [0.2, 0.25) is 0 Å². The van der Waals surface area contributed by atoms with Crippen LogP contribution in [0.15, 0.2) is 41.3 Å². The highest BCUT2D eigenvalue weighted by molar-refractivity contribution is 7.98. The standard InChI is InChI=1S/C15H16N2O3S/c1-19-11-6-7-12(16)14(8-11)21-9-10-4-3-5-13(17-10)15(18)20-2/h3-8H,9,16H2,1-2H3. The average molecular weight is 304 g/mol. The van der Waals surface area contributed by atoms with Crippen molar-refractivity contribution in [2.75, 3.05) is 20.0 Å². The van der Waals surface area contributed by atoms with Crippen LogP contribution < -0.4 is 10.5 Å². The maximum atomic E-state index is 11.4. The maximum absolute atomic E-state index is 11.4. The molecule has 110 valence electrons. The lowest BCUT2D eigenvalue weighted by Crippen LogP contribution is -2.05. The fraction of sp³-hybridized carbons (Fsp3) is 0.200. The second kappa shape index (κ2) is 6.99. The molecule has 6 heteroatoms. The van der Waals surface area contributed by atoms with Crippen molar-refractivity contribution in [1.82, 2.24) is 4.98 Å². The summed E-state index contributed by atoms with van der Waals surface area (Å²) in [6, 6.07) is 10.8. The van der Waals surface area contributed by atoms with Crippen LogP contribution in [-0.4, -0.2) is 25.2 Å². The van der Waals surface area contributed by atoms with E-state index in [0.29, 0.717) is 17.1 Å². The molecule has 0 fully saturated rings. The molecule has 0 aliphatic carbocycles. The third-order valence-electron chi connectivity index (χ3n) is 2.80. The van der Waals surface area contributed by atoms with Gasteiger partial charge < -0.3 is 15.2 Å². The quantitative estimate of drug-likeness (QED) is 0.520. The molecule has 0 amide bonds. The molecule has 0 saturated heterocycles. The zero-order valence-corrected chi connectivity index (χ0v) is 12.6. The molecule has 21 heavy (non-hydrogen) atoms. The number of carbonyl (C=O) groups excluding carboxylic acids is 1. The Morgan fingerprint density at radius 3 is 2.81 bits per heavy atom. The van der Waals surface area contributed by atoms with Crippen LogP contribution in [0.5, 0.6) is 5.75 Å². The minimum absolute atomic E-state index is 0.300. The maximum Gasteiger partial charge on any atom is 0.356 e. The number of nitrogen functional groups attached to an aromatic ring is 1. The number of thioether (sulfide) groups is 1. The number of methoxy groups -OCH3 is 2. The Morgan fingerprint density at radius 2 is 2.10 bits per heavy atom. The van der Waals surface area contributed by atoms with Gasteiger partial charge in [0.25, 0.3) is 0 Å². The van der Waals surface area contributed by atoms with Crippen LogP contribution in [0.4, 0.5) is 5.69 Å². The molecule has 2 N–H and O–H groups in total. The number of aromatic nitrogens is 1. The molecule has 0 atom stereocenters. The number of hydrogen-bond acceptors (Lipinski definition) is 6. The second-order valence-corrected chi connectivity index (χ2v) is 5.22. The third-order valence-corrected chi connectivity index (χ3v) is 3.90. The number of esters is 1. The summed E-state index contributed by atoms with van der Waals surface area (Å²) in [5.74, 6) is 0.910. The van der Waals surface area contributed by atoms with E-state index < -0.39 is 5.97 Å². The van der Waals surface area contributed by atoms with Gasteiger partial charge in [0.05, 0.1) is 19.9 Å². The Bertz CT molecular complexity index is 647. The molecule has 1 heterocycles. The van der Waals surface area contributed by atoms with Gasteiger partial charge in [-0.2, -0.15) is 0 Å². The largest absolute Gasteiger partial charge is 0.497 e. The van der Waals surface area contributed by atoms with E-state index in [4.69, 9.17) is 10.5 Å². The van der Waals surface area contributed by atoms with Gasteiger partial charge >= 0.3 is 5.97 Å². The molecule has 0 saturated carbocycles. The Morgan fingerprint density at radius 1 is 1.29 bits per heavy atom. The van der Waals surface area contributed by atoms with E-state index >= 15 is 0 Å². The number of ether oxygens (including phenoxy) is 2. The van der Waals surface area contributed by atoms with Crippen LogP contribution in [0.1, 0.15) is 16.2 Å². The van der Waals surface area contributed by atoms with E-state index in [9.17, 15) is 4.79 Å². The van der Waals surface area contributed by atoms with E-state index in [-0.39, 0.29) is 0 Å². The monoisotopic (exact) mass is 304 g/mol. The summed E-state index contributed by atoms with van der Waals surface area (Å²) in [6.45, 7) is 0. The number of rotatable bonds is 5. The molecule has 1 aromatic heterocycles. The van der Waals surface area contributed by atoms with Crippen molar-refractivity contribution in [3.63, 3.8) is 0 Å². The number of pyridine rings is 1. The SMILES string of the molecule is COC(=O)c1cccc(CSc2cc(OC)ccc2N)n1. The minimum Gasteiger partial charge on any atom is -0.497 e. The van der Waals surface area contributed by atoms with Crippen LogP contribution in [-0.2, 0) is 10.5 Å². The van der Waals surface area contributed by atoms with Crippen LogP contribution in [0, 0.1) is 0 Å². The van der Waals surface area contributed by atoms with Gasteiger partial charge in [-0.1, -0.05) is 6.07 Å². The van der Waals surface area contributed by atoms with Gasteiger partial charge in [-0.3, -0.25) is 0 Å². The van der Waals surface area contributed by atoms with Gasteiger partial charge in [-0.15, -0.1) is 11.8 Å². The smallest absolute Gasteiger partial charge is 0.356 e. The molecule has 0 aliphatic heterocycles. The molecule has 0 bridgehead atoms. The van der Waals surface area contributed by atoms with Crippen molar-refractivity contribution in [2.45, 2.75) is 10.6 Å². The topological polar surface area (TPSA) is 74.4 Å². The first-order valence-electron chi connectivity index (χ1n) is 6.24. The number of benzene rings is 1. The van der Waals surface area contributed by atoms with E-state index in [1.165, 1.54) is 18.9 Å². The summed E-state index contributed by atoms with van der Waals surface area (Å²) in [4.78, 5) is 16.6. The van der Waals surface area contributed by atoms with E-state index in [2.05, 4.69) is 9.72 Å². The van der Waals surface area contributed by atoms with Crippen molar-refractivity contribution >= 4 is 23.4 Å². The predicted octanol–water partition coefficient (Wildman–Crippen LogP) is 2.75. The lowest BCUT2D eigenvalue weighted by Gasteiger charge is -2.08. The Kier molecular flexibility index (Phi) is 5.05. The molecule has 2 aromatic rings. The zero-order valence-electron chi connectivity index (χ0n) is 11.8. The fourth-order valence-corrected chi connectivity index (χ4v) is 2.59. The van der Waals surface area contributed by atoms with Crippen molar-refractivity contribution < 1.29 is 14.3 Å². The Hall–Kier alpha value is -2.21. The van der Waals surface area contributed by atoms with Crippen LogP contribution in [0.3, 0.4) is 0 Å².